The summed E-state index contributed by atoms with van der Waals surface area (Å²) in [5.41, 5.74) is 2.74. The van der Waals surface area contributed by atoms with Crippen molar-refractivity contribution in [1.82, 2.24) is 10.2 Å². The van der Waals surface area contributed by atoms with Gasteiger partial charge in [-0.15, -0.1) is 10.2 Å². The minimum Gasteiger partial charge on any atom is -0.494 e. The summed E-state index contributed by atoms with van der Waals surface area (Å²) >= 11 is 1.23. The van der Waals surface area contributed by atoms with E-state index in [1.54, 1.807) is 29.8 Å². The third-order valence-corrected chi connectivity index (χ3v) is 5.51. The number of hydrogen-bond acceptors (Lipinski definition) is 7. The molecular weight excluding hydrogens is 390 g/mol. The third-order valence-electron chi connectivity index (χ3n) is 4.82. The molecule has 0 spiro atoms. The van der Waals surface area contributed by atoms with E-state index in [4.69, 9.17) is 9.15 Å². The van der Waals surface area contributed by atoms with E-state index >= 15 is 0 Å². The topological polar surface area (TPSA) is 85.5 Å². The van der Waals surface area contributed by atoms with Crippen LogP contribution in [0.4, 0.5) is 5.13 Å². The predicted octanol–water partition coefficient (Wildman–Crippen LogP) is 3.79. The van der Waals surface area contributed by atoms with Crippen LogP contribution in [0.3, 0.4) is 0 Å². The van der Waals surface area contributed by atoms with Gasteiger partial charge in [-0.1, -0.05) is 35.6 Å². The lowest BCUT2D eigenvalue weighted by molar-refractivity contribution is 0.0970. The number of fused-ring (bicyclic) bond motifs is 2. The Hall–Kier alpha value is -3.52. The van der Waals surface area contributed by atoms with Crippen molar-refractivity contribution in [1.29, 1.82) is 0 Å². The maximum Gasteiger partial charge on any atom is 0.297 e. The highest BCUT2D eigenvalue weighted by atomic mass is 32.1. The molecule has 8 heteroatoms. The molecular formula is C21H15N3O4S. The molecule has 5 rings (SSSR count). The van der Waals surface area contributed by atoms with Gasteiger partial charge in [0.25, 0.3) is 5.91 Å². The van der Waals surface area contributed by atoms with E-state index in [-0.39, 0.29) is 11.2 Å². The summed E-state index contributed by atoms with van der Waals surface area (Å²) < 4.78 is 11.5. The van der Waals surface area contributed by atoms with E-state index < -0.39 is 11.9 Å². The van der Waals surface area contributed by atoms with Crippen molar-refractivity contribution >= 4 is 33.3 Å². The van der Waals surface area contributed by atoms with Crippen LogP contribution in [0.1, 0.15) is 34.6 Å². The van der Waals surface area contributed by atoms with Gasteiger partial charge in [0.1, 0.15) is 16.8 Å². The number of carbonyl (C=O) groups is 1. The second kappa shape index (κ2) is 6.82. The first-order chi connectivity index (χ1) is 14.2. The quantitative estimate of drug-likeness (QED) is 0.513. The molecule has 1 atom stereocenters. The highest BCUT2D eigenvalue weighted by molar-refractivity contribution is 7.13. The van der Waals surface area contributed by atoms with E-state index in [1.165, 1.54) is 16.2 Å². The zero-order valence-electron chi connectivity index (χ0n) is 15.4. The minimum atomic E-state index is -0.674. The fraction of sp³-hybridized carbons (Fsp3) is 0.143. The van der Waals surface area contributed by atoms with Gasteiger partial charge in [-0.2, -0.15) is 0 Å². The van der Waals surface area contributed by atoms with Gasteiger partial charge in [0, 0.05) is 0 Å². The van der Waals surface area contributed by atoms with Gasteiger partial charge in [0.05, 0.1) is 23.6 Å². The van der Waals surface area contributed by atoms with Crippen LogP contribution in [0.2, 0.25) is 0 Å². The molecule has 0 saturated heterocycles. The Balaban J connectivity index is 1.79. The molecule has 1 aliphatic rings. The number of hydrogen-bond donors (Lipinski definition) is 0. The number of nitrogens with zero attached hydrogens (tertiary/aromatic N) is 3. The molecule has 0 N–H and O–H groups in total. The molecule has 144 valence electrons. The summed E-state index contributed by atoms with van der Waals surface area (Å²) in [4.78, 5) is 28.1. The maximum atomic E-state index is 13.4. The van der Waals surface area contributed by atoms with Crippen molar-refractivity contribution in [3.8, 4) is 5.75 Å². The SMILES string of the molecule is CCOc1cccc([C@H]2c3c(oc4ccccc4c3=O)C(=O)N2c2nncs2)c1. The van der Waals surface area contributed by atoms with E-state index in [2.05, 4.69) is 10.2 Å². The number of rotatable bonds is 4. The first kappa shape index (κ1) is 17.6. The average Bonchev–Trinajstić information content (AvgIpc) is 3.36. The van der Waals surface area contributed by atoms with Gasteiger partial charge in [-0.25, -0.2) is 0 Å². The molecule has 29 heavy (non-hydrogen) atoms. The lowest BCUT2D eigenvalue weighted by Crippen LogP contribution is -2.29. The van der Waals surface area contributed by atoms with Gasteiger partial charge < -0.3 is 9.15 Å². The molecule has 7 nitrogen and oxygen atoms in total. The minimum absolute atomic E-state index is 0.0377. The molecule has 0 fully saturated rings. The van der Waals surface area contributed by atoms with Crippen molar-refractivity contribution in [2.75, 3.05) is 11.5 Å². The Morgan fingerprint density at radius 2 is 2.03 bits per heavy atom. The van der Waals surface area contributed by atoms with Crippen LogP contribution in [0.15, 0.2) is 63.3 Å². The number of ether oxygens (including phenoxy) is 1. The molecule has 0 radical (unpaired) electrons. The van der Waals surface area contributed by atoms with Crippen LogP contribution < -0.4 is 15.1 Å². The van der Waals surface area contributed by atoms with E-state index in [0.29, 0.717) is 34.0 Å². The Labute approximate surface area is 169 Å². The molecule has 2 aromatic carbocycles. The Morgan fingerprint density at radius 3 is 2.83 bits per heavy atom. The van der Waals surface area contributed by atoms with E-state index in [9.17, 15) is 9.59 Å². The number of para-hydroxylation sites is 1. The normalized spacial score (nSPS) is 15.7. The second-order valence-electron chi connectivity index (χ2n) is 6.47. The number of benzene rings is 2. The lowest BCUT2D eigenvalue weighted by Gasteiger charge is -2.22. The van der Waals surface area contributed by atoms with Crippen LogP contribution in [0.5, 0.6) is 5.75 Å². The van der Waals surface area contributed by atoms with Crippen LogP contribution in [-0.4, -0.2) is 22.7 Å². The van der Waals surface area contributed by atoms with Crippen LogP contribution in [0, 0.1) is 0 Å². The third kappa shape index (κ3) is 2.72. The monoisotopic (exact) mass is 405 g/mol. The lowest BCUT2D eigenvalue weighted by atomic mass is 9.98. The van der Waals surface area contributed by atoms with Crippen molar-refractivity contribution in [2.45, 2.75) is 13.0 Å². The standard InChI is InChI=1S/C21H15N3O4S/c1-2-27-13-7-5-6-12(10-13)17-16-18(25)14-8-3-4-9-15(14)28-19(16)20(26)24(17)21-23-22-11-29-21/h3-11,17H,2H2,1H3/t17-/m0/s1. The molecule has 3 heterocycles. The summed E-state index contributed by atoms with van der Waals surface area (Å²) in [5.74, 6) is 0.287. The van der Waals surface area contributed by atoms with E-state index in [1.807, 2.05) is 31.2 Å². The van der Waals surface area contributed by atoms with Crippen molar-refractivity contribution < 1.29 is 13.9 Å². The Kier molecular flexibility index (Phi) is 4.13. The fourth-order valence-corrected chi connectivity index (χ4v) is 4.23. The molecule has 0 unspecified atom stereocenters. The van der Waals surface area contributed by atoms with E-state index in [0.717, 1.165) is 5.56 Å². The smallest absolute Gasteiger partial charge is 0.297 e. The van der Waals surface area contributed by atoms with Crippen molar-refractivity contribution in [3.63, 3.8) is 0 Å². The molecule has 2 aromatic heterocycles. The van der Waals surface area contributed by atoms with Gasteiger partial charge >= 0.3 is 0 Å². The molecule has 1 amide bonds. The van der Waals surface area contributed by atoms with Crippen LogP contribution in [0.25, 0.3) is 11.0 Å². The number of amides is 1. The summed E-state index contributed by atoms with van der Waals surface area (Å²) in [6, 6.07) is 13.6. The van der Waals surface area contributed by atoms with Gasteiger partial charge in [-0.05, 0) is 36.8 Å². The highest BCUT2D eigenvalue weighted by Crippen LogP contribution is 2.42. The first-order valence-electron chi connectivity index (χ1n) is 9.07. The predicted molar refractivity (Wildman–Crippen MR) is 109 cm³/mol. The van der Waals surface area contributed by atoms with Crippen molar-refractivity contribution in [2.24, 2.45) is 0 Å². The van der Waals surface area contributed by atoms with Crippen LogP contribution >= 0.6 is 11.3 Å². The molecule has 4 aromatic rings. The molecule has 0 aliphatic carbocycles. The second-order valence-corrected chi connectivity index (χ2v) is 7.29. The van der Waals surface area contributed by atoms with Gasteiger partial charge in [0.2, 0.25) is 10.9 Å². The largest absolute Gasteiger partial charge is 0.494 e. The summed E-state index contributed by atoms with van der Waals surface area (Å²) in [5, 5.41) is 8.76. The fourth-order valence-electron chi connectivity index (χ4n) is 3.65. The molecule has 0 bridgehead atoms. The number of carbonyl (C=O) groups excluding carboxylic acids is 1. The van der Waals surface area contributed by atoms with Crippen molar-refractivity contribution in [3.05, 3.63) is 81.2 Å². The Bertz CT molecular complexity index is 1280. The summed E-state index contributed by atoms with van der Waals surface area (Å²) in [7, 11) is 0. The number of anilines is 1. The summed E-state index contributed by atoms with van der Waals surface area (Å²) in [6.07, 6.45) is 0. The number of aromatic nitrogens is 2. The van der Waals surface area contributed by atoms with Gasteiger partial charge in [0.15, 0.2) is 5.43 Å². The molecule has 1 aliphatic heterocycles. The zero-order chi connectivity index (χ0) is 20.0. The maximum absolute atomic E-state index is 13.4. The first-order valence-corrected chi connectivity index (χ1v) is 9.95. The molecule has 0 saturated carbocycles. The van der Waals surface area contributed by atoms with Gasteiger partial charge in [-0.3, -0.25) is 14.5 Å². The average molecular weight is 405 g/mol. The summed E-state index contributed by atoms with van der Waals surface area (Å²) in [6.45, 7) is 2.41. The zero-order valence-corrected chi connectivity index (χ0v) is 16.2. The Morgan fingerprint density at radius 1 is 1.17 bits per heavy atom. The highest BCUT2D eigenvalue weighted by Gasteiger charge is 2.45. The van der Waals surface area contributed by atoms with Crippen LogP contribution in [-0.2, 0) is 0 Å².